The number of nitrogens with zero attached hydrogens (tertiary/aromatic N) is 3. The Balaban J connectivity index is 1.67. The number of carbonyl (C=O) groups is 1. The van der Waals surface area contributed by atoms with E-state index < -0.39 is 0 Å². The number of hydrogen-bond acceptors (Lipinski definition) is 5. The van der Waals surface area contributed by atoms with Crippen LogP contribution in [0.2, 0.25) is 0 Å². The first kappa shape index (κ1) is 17.7. The minimum Gasteiger partial charge on any atom is -0.497 e. The largest absolute Gasteiger partial charge is 0.497 e. The van der Waals surface area contributed by atoms with E-state index in [0.29, 0.717) is 18.2 Å². The average Bonchev–Trinajstić information content (AvgIpc) is 3.11. The summed E-state index contributed by atoms with van der Waals surface area (Å²) in [5.41, 5.74) is 1.74. The van der Waals surface area contributed by atoms with E-state index in [1.54, 1.807) is 18.4 Å². The average molecular weight is 359 g/mol. The number of piperazine rings is 1. The van der Waals surface area contributed by atoms with Gasteiger partial charge >= 0.3 is 0 Å². The number of hydrogen-bond donors (Lipinski definition) is 0. The van der Waals surface area contributed by atoms with Crippen molar-refractivity contribution in [2.45, 2.75) is 32.7 Å². The molecule has 1 atom stereocenters. The van der Waals surface area contributed by atoms with Gasteiger partial charge in [0.2, 0.25) is 0 Å². The van der Waals surface area contributed by atoms with Crippen molar-refractivity contribution in [1.29, 1.82) is 0 Å². The van der Waals surface area contributed by atoms with Crippen LogP contribution in [-0.4, -0.2) is 48.6 Å². The SMILES string of the molecule is COc1ccc(N2CCN(C(=O)c3csc(C(C)C)n3)[C@H](C)C2)cc1. The second-order valence-corrected chi connectivity index (χ2v) is 7.61. The Hall–Kier alpha value is -2.08. The highest BCUT2D eigenvalue weighted by Gasteiger charge is 2.29. The third kappa shape index (κ3) is 3.79. The molecule has 0 radical (unpaired) electrons. The van der Waals surface area contributed by atoms with Gasteiger partial charge in [-0.1, -0.05) is 13.8 Å². The molecule has 134 valence electrons. The van der Waals surface area contributed by atoms with Crippen molar-refractivity contribution in [3.05, 3.63) is 40.3 Å². The molecule has 0 N–H and O–H groups in total. The van der Waals surface area contributed by atoms with Gasteiger partial charge in [0.25, 0.3) is 5.91 Å². The van der Waals surface area contributed by atoms with Gasteiger partial charge in [-0.15, -0.1) is 11.3 Å². The molecule has 1 aromatic carbocycles. The fraction of sp³-hybridized carbons (Fsp3) is 0.474. The lowest BCUT2D eigenvalue weighted by molar-refractivity contribution is 0.0668. The van der Waals surface area contributed by atoms with Crippen LogP contribution >= 0.6 is 11.3 Å². The van der Waals surface area contributed by atoms with Crippen LogP contribution < -0.4 is 9.64 Å². The number of methoxy groups -OCH3 is 1. The Morgan fingerprint density at radius 2 is 2.00 bits per heavy atom. The zero-order valence-corrected chi connectivity index (χ0v) is 16.0. The molecule has 3 rings (SSSR count). The molecule has 1 aromatic heterocycles. The second kappa shape index (κ2) is 7.44. The molecular formula is C19H25N3O2S. The summed E-state index contributed by atoms with van der Waals surface area (Å²) in [7, 11) is 1.67. The highest BCUT2D eigenvalue weighted by Crippen LogP contribution is 2.24. The predicted octanol–water partition coefficient (Wildman–Crippen LogP) is 3.63. The Kier molecular flexibility index (Phi) is 5.27. The number of rotatable bonds is 4. The quantitative estimate of drug-likeness (QED) is 0.836. The predicted molar refractivity (Wildman–Crippen MR) is 102 cm³/mol. The van der Waals surface area contributed by atoms with Gasteiger partial charge in [0.1, 0.15) is 11.4 Å². The van der Waals surface area contributed by atoms with Crippen LogP contribution in [-0.2, 0) is 0 Å². The normalized spacial score (nSPS) is 17.9. The van der Waals surface area contributed by atoms with Crippen molar-refractivity contribution in [2.75, 3.05) is 31.6 Å². The molecule has 5 nitrogen and oxygen atoms in total. The van der Waals surface area contributed by atoms with Crippen LogP contribution in [0, 0.1) is 0 Å². The molecule has 0 unspecified atom stereocenters. The molecule has 0 bridgehead atoms. The van der Waals surface area contributed by atoms with Crippen LogP contribution in [0.3, 0.4) is 0 Å². The minimum atomic E-state index is 0.0463. The summed E-state index contributed by atoms with van der Waals surface area (Å²) in [5, 5.41) is 2.91. The molecule has 1 aliphatic rings. The Labute approximate surface area is 153 Å². The molecule has 1 fully saturated rings. The van der Waals surface area contributed by atoms with E-state index >= 15 is 0 Å². The highest BCUT2D eigenvalue weighted by molar-refractivity contribution is 7.09. The maximum absolute atomic E-state index is 12.8. The summed E-state index contributed by atoms with van der Waals surface area (Å²) in [6.07, 6.45) is 0. The van der Waals surface area contributed by atoms with E-state index in [1.165, 1.54) is 0 Å². The lowest BCUT2D eigenvalue weighted by Crippen LogP contribution is -2.54. The summed E-state index contributed by atoms with van der Waals surface area (Å²) in [4.78, 5) is 21.6. The Morgan fingerprint density at radius 3 is 2.56 bits per heavy atom. The number of amides is 1. The van der Waals surface area contributed by atoms with Gasteiger partial charge in [-0.25, -0.2) is 4.98 Å². The Morgan fingerprint density at radius 1 is 1.28 bits per heavy atom. The second-order valence-electron chi connectivity index (χ2n) is 6.72. The summed E-state index contributed by atoms with van der Waals surface area (Å²) < 4.78 is 5.22. The van der Waals surface area contributed by atoms with Gasteiger partial charge in [-0.05, 0) is 31.2 Å². The molecule has 0 spiro atoms. The monoisotopic (exact) mass is 359 g/mol. The molecular weight excluding hydrogens is 334 g/mol. The Bertz CT molecular complexity index is 727. The van der Waals surface area contributed by atoms with Crippen molar-refractivity contribution in [1.82, 2.24) is 9.88 Å². The fourth-order valence-electron chi connectivity index (χ4n) is 3.09. The van der Waals surface area contributed by atoms with Gasteiger partial charge in [0.15, 0.2) is 0 Å². The highest BCUT2D eigenvalue weighted by atomic mass is 32.1. The van der Waals surface area contributed by atoms with Crippen LogP contribution in [0.25, 0.3) is 0 Å². The summed E-state index contributed by atoms with van der Waals surface area (Å²) in [6.45, 7) is 8.65. The lowest BCUT2D eigenvalue weighted by atomic mass is 10.1. The first-order chi connectivity index (χ1) is 12.0. The van der Waals surface area contributed by atoms with Gasteiger partial charge in [0, 0.05) is 42.7 Å². The number of aromatic nitrogens is 1. The van der Waals surface area contributed by atoms with E-state index in [2.05, 4.69) is 42.8 Å². The molecule has 0 aliphatic carbocycles. The molecule has 25 heavy (non-hydrogen) atoms. The smallest absolute Gasteiger partial charge is 0.273 e. The molecule has 0 saturated carbocycles. The third-order valence-corrected chi connectivity index (χ3v) is 5.71. The maximum Gasteiger partial charge on any atom is 0.273 e. The zero-order chi connectivity index (χ0) is 18.0. The fourth-order valence-corrected chi connectivity index (χ4v) is 3.89. The van der Waals surface area contributed by atoms with Crippen LogP contribution in [0.1, 0.15) is 42.2 Å². The van der Waals surface area contributed by atoms with Crippen LogP contribution in [0.4, 0.5) is 5.69 Å². The standard InChI is InChI=1S/C19H25N3O2S/c1-13(2)18-20-17(12-25-18)19(23)22-10-9-21(11-14(22)3)15-5-7-16(24-4)8-6-15/h5-8,12-14H,9-11H2,1-4H3/t14-/m1/s1. The topological polar surface area (TPSA) is 45.7 Å². The maximum atomic E-state index is 12.8. The van der Waals surface area contributed by atoms with Crippen molar-refractivity contribution >= 4 is 22.9 Å². The van der Waals surface area contributed by atoms with E-state index in [-0.39, 0.29) is 11.9 Å². The van der Waals surface area contributed by atoms with E-state index in [9.17, 15) is 4.79 Å². The summed E-state index contributed by atoms with van der Waals surface area (Å²) in [5.74, 6) is 1.26. The molecule has 2 aromatic rings. The van der Waals surface area contributed by atoms with E-state index in [4.69, 9.17) is 4.74 Å². The summed E-state index contributed by atoms with van der Waals surface area (Å²) >= 11 is 1.57. The third-order valence-electron chi connectivity index (χ3n) is 4.56. The molecule has 6 heteroatoms. The lowest BCUT2D eigenvalue weighted by Gasteiger charge is -2.40. The number of benzene rings is 1. The van der Waals surface area contributed by atoms with E-state index in [1.807, 2.05) is 22.4 Å². The van der Waals surface area contributed by atoms with Crippen molar-refractivity contribution in [3.8, 4) is 5.75 Å². The van der Waals surface area contributed by atoms with Crippen molar-refractivity contribution in [3.63, 3.8) is 0 Å². The first-order valence-electron chi connectivity index (χ1n) is 8.65. The molecule has 1 saturated heterocycles. The molecule has 1 aliphatic heterocycles. The zero-order valence-electron chi connectivity index (χ0n) is 15.2. The van der Waals surface area contributed by atoms with Crippen molar-refractivity contribution in [2.24, 2.45) is 0 Å². The van der Waals surface area contributed by atoms with Gasteiger partial charge in [-0.3, -0.25) is 4.79 Å². The summed E-state index contributed by atoms with van der Waals surface area (Å²) in [6, 6.07) is 8.23. The van der Waals surface area contributed by atoms with Gasteiger partial charge in [0.05, 0.1) is 12.1 Å². The van der Waals surface area contributed by atoms with Crippen LogP contribution in [0.15, 0.2) is 29.6 Å². The van der Waals surface area contributed by atoms with Gasteiger partial charge in [-0.2, -0.15) is 0 Å². The molecule has 1 amide bonds. The van der Waals surface area contributed by atoms with E-state index in [0.717, 1.165) is 29.5 Å². The number of ether oxygens (including phenoxy) is 1. The number of anilines is 1. The van der Waals surface area contributed by atoms with Gasteiger partial charge < -0.3 is 14.5 Å². The van der Waals surface area contributed by atoms with Crippen molar-refractivity contribution < 1.29 is 9.53 Å². The number of thiazole rings is 1. The molecule has 2 heterocycles. The first-order valence-corrected chi connectivity index (χ1v) is 9.53. The number of carbonyl (C=O) groups excluding carboxylic acids is 1. The minimum absolute atomic E-state index is 0.0463. The van der Waals surface area contributed by atoms with Crippen LogP contribution in [0.5, 0.6) is 5.75 Å².